The van der Waals surface area contributed by atoms with Crippen LogP contribution in [0, 0.1) is 0 Å². The summed E-state index contributed by atoms with van der Waals surface area (Å²) in [6.07, 6.45) is 3.68. The Labute approximate surface area is 97.7 Å². The van der Waals surface area contributed by atoms with E-state index in [4.69, 9.17) is 4.74 Å². The molecule has 84 valence electrons. The zero-order chi connectivity index (χ0) is 11.7. The summed E-state index contributed by atoms with van der Waals surface area (Å²) in [5.74, 6) is 4.57. The molecule has 1 aromatic rings. The second kappa shape index (κ2) is 3.76. The number of benzene rings is 1. The van der Waals surface area contributed by atoms with Crippen LogP contribution < -0.4 is 4.74 Å². The first-order valence-electron chi connectivity index (χ1n) is 4.36. The van der Waals surface area contributed by atoms with E-state index in [9.17, 15) is 4.79 Å². The maximum absolute atomic E-state index is 12.2. The number of carbonyl (C=O) groups is 1. The molecular weight excluding hydrogens is 276 g/mol. The van der Waals surface area contributed by atoms with Crippen molar-refractivity contribution in [3.8, 4) is 5.75 Å². The summed E-state index contributed by atoms with van der Waals surface area (Å²) in [6.45, 7) is 0. The Kier molecular flexibility index (Phi) is 3.12. The van der Waals surface area contributed by atoms with Gasteiger partial charge in [0.2, 0.25) is 5.12 Å². The summed E-state index contributed by atoms with van der Waals surface area (Å²) in [6, 6.07) is 7.20. The average molecular weight is 291 g/mol. The van der Waals surface area contributed by atoms with Crippen molar-refractivity contribution in [2.45, 2.75) is 0 Å². The van der Waals surface area contributed by atoms with Gasteiger partial charge in [-0.05, 0) is 39.5 Å². The standard InChI is InChI=1S/C11H15BrO2S/c1-14-10-8-6-5-7-9(10)11(13)15(2,3,4)12/h5-8H,2H2,1,3-4H3. The van der Waals surface area contributed by atoms with Crippen molar-refractivity contribution in [2.24, 2.45) is 0 Å². The van der Waals surface area contributed by atoms with Crippen molar-refractivity contribution in [1.82, 2.24) is 0 Å². The van der Waals surface area contributed by atoms with Gasteiger partial charge in [-0.3, -0.25) is 4.79 Å². The van der Waals surface area contributed by atoms with Crippen LogP contribution in [0.25, 0.3) is 0 Å². The third kappa shape index (κ3) is 2.92. The molecule has 0 unspecified atom stereocenters. The van der Waals surface area contributed by atoms with Gasteiger partial charge in [0.1, 0.15) is 5.75 Å². The van der Waals surface area contributed by atoms with Gasteiger partial charge in [0.15, 0.2) is 0 Å². The highest BCUT2D eigenvalue weighted by atomic mass is 79.9. The number of rotatable bonds is 2. The largest absolute Gasteiger partial charge is 0.496 e. The fourth-order valence-corrected chi connectivity index (χ4v) is 2.52. The molecule has 0 radical (unpaired) electrons. The quantitative estimate of drug-likeness (QED) is 0.782. The lowest BCUT2D eigenvalue weighted by Gasteiger charge is -2.31. The van der Waals surface area contributed by atoms with Crippen molar-refractivity contribution in [3.63, 3.8) is 0 Å². The first-order valence-corrected chi connectivity index (χ1v) is 9.23. The molecule has 2 nitrogen and oxygen atoms in total. The fraction of sp³-hybridized carbons (Fsp3) is 0.273. The second-order valence-electron chi connectivity index (χ2n) is 4.02. The molecule has 0 saturated carbocycles. The Morgan fingerprint density at radius 3 is 2.40 bits per heavy atom. The summed E-state index contributed by atoms with van der Waals surface area (Å²) < 4.78 is 5.15. The first-order chi connectivity index (χ1) is 6.72. The second-order valence-corrected chi connectivity index (χ2v) is 14.7. The Morgan fingerprint density at radius 2 is 1.93 bits per heavy atom. The van der Waals surface area contributed by atoms with E-state index in [0.29, 0.717) is 11.3 Å². The fourth-order valence-electron chi connectivity index (χ4n) is 1.15. The molecule has 4 heteroatoms. The summed E-state index contributed by atoms with van der Waals surface area (Å²) in [5.41, 5.74) is 0.582. The number of halogens is 1. The van der Waals surface area contributed by atoms with Crippen LogP contribution in [0.15, 0.2) is 24.3 Å². The summed E-state index contributed by atoms with van der Waals surface area (Å²) in [4.78, 5) is 12.2. The molecule has 0 atom stereocenters. The van der Waals surface area contributed by atoms with Crippen LogP contribution in [0.5, 0.6) is 5.75 Å². The van der Waals surface area contributed by atoms with E-state index in [2.05, 4.69) is 20.7 Å². The number of methoxy groups -OCH3 is 1. The molecule has 0 spiro atoms. The Morgan fingerprint density at radius 1 is 1.40 bits per heavy atom. The maximum Gasteiger partial charge on any atom is 0.210 e. The molecule has 1 aromatic carbocycles. The van der Waals surface area contributed by atoms with Crippen LogP contribution in [-0.2, 0) is 0 Å². The summed E-state index contributed by atoms with van der Waals surface area (Å²) in [5, 5.41) is 0.00412. The highest BCUT2D eigenvalue weighted by Crippen LogP contribution is 2.60. The molecule has 0 aliphatic carbocycles. The minimum Gasteiger partial charge on any atom is -0.496 e. The Balaban J connectivity index is 3.31. The van der Waals surface area contributed by atoms with Gasteiger partial charge in [-0.15, -0.1) is 7.18 Å². The number of ether oxygens (including phenoxy) is 1. The zero-order valence-electron chi connectivity index (χ0n) is 9.12. The minimum absolute atomic E-state index is 0.00412. The third-order valence-electron chi connectivity index (χ3n) is 1.90. The summed E-state index contributed by atoms with van der Waals surface area (Å²) >= 11 is 3.44. The number of hydrogen-bond donors (Lipinski definition) is 0. The van der Waals surface area contributed by atoms with Gasteiger partial charge >= 0.3 is 0 Å². The molecule has 0 heterocycles. The maximum atomic E-state index is 12.2. The number of carbonyl (C=O) groups excluding carboxylic acids is 1. The van der Waals surface area contributed by atoms with Crippen LogP contribution >= 0.6 is 22.0 Å². The number of hydrogen-bond acceptors (Lipinski definition) is 2. The lowest BCUT2D eigenvalue weighted by molar-refractivity contribution is 0.108. The highest BCUT2D eigenvalue weighted by molar-refractivity contribution is 9.63. The topological polar surface area (TPSA) is 26.3 Å². The molecular formula is C11H15BrO2S. The molecule has 0 aliphatic heterocycles. The monoisotopic (exact) mass is 290 g/mol. The van der Waals surface area contributed by atoms with Crippen molar-refractivity contribution < 1.29 is 9.53 Å². The van der Waals surface area contributed by atoms with Crippen LogP contribution in [0.3, 0.4) is 0 Å². The predicted octanol–water partition coefficient (Wildman–Crippen LogP) is 3.18. The van der Waals surface area contributed by atoms with Gasteiger partial charge < -0.3 is 4.74 Å². The van der Waals surface area contributed by atoms with E-state index < -0.39 is 7.18 Å². The van der Waals surface area contributed by atoms with E-state index in [0.717, 1.165) is 0 Å². The van der Waals surface area contributed by atoms with Gasteiger partial charge in [0.25, 0.3) is 0 Å². The molecule has 0 aromatic heterocycles. The van der Waals surface area contributed by atoms with Crippen molar-refractivity contribution >= 4 is 33.0 Å². The summed E-state index contributed by atoms with van der Waals surface area (Å²) in [7, 11) is -0.867. The van der Waals surface area contributed by atoms with E-state index >= 15 is 0 Å². The smallest absolute Gasteiger partial charge is 0.210 e. The van der Waals surface area contributed by atoms with E-state index in [1.54, 1.807) is 19.2 Å². The molecule has 0 amide bonds. The Bertz CT molecular complexity index is 448. The normalized spacial score (nSPS) is 14.0. The lowest BCUT2D eigenvalue weighted by atomic mass is 10.2. The third-order valence-corrected chi connectivity index (χ3v) is 4.14. The van der Waals surface area contributed by atoms with E-state index in [1.807, 2.05) is 24.6 Å². The van der Waals surface area contributed by atoms with Crippen LogP contribution in [0.4, 0.5) is 0 Å². The lowest BCUT2D eigenvalue weighted by Crippen LogP contribution is -2.11. The van der Waals surface area contributed by atoms with Crippen molar-refractivity contribution in [3.05, 3.63) is 29.8 Å². The van der Waals surface area contributed by atoms with Gasteiger partial charge in [0, 0.05) is 0 Å². The molecule has 0 aliphatic rings. The molecule has 0 saturated heterocycles. The SMILES string of the molecule is C=S(C)(C)(Br)C(=O)c1ccccc1OC. The molecule has 0 N–H and O–H groups in total. The van der Waals surface area contributed by atoms with Gasteiger partial charge in [-0.25, -0.2) is 0 Å². The first kappa shape index (κ1) is 12.5. The molecule has 0 bridgehead atoms. The van der Waals surface area contributed by atoms with E-state index in [1.165, 1.54) is 0 Å². The molecule has 15 heavy (non-hydrogen) atoms. The average Bonchev–Trinajstić information content (AvgIpc) is 2.14. The van der Waals surface area contributed by atoms with Crippen LogP contribution in [-0.4, -0.2) is 30.6 Å². The van der Waals surface area contributed by atoms with Crippen molar-refractivity contribution in [1.29, 1.82) is 0 Å². The zero-order valence-corrected chi connectivity index (χ0v) is 11.5. The van der Waals surface area contributed by atoms with E-state index in [-0.39, 0.29) is 5.12 Å². The van der Waals surface area contributed by atoms with Crippen molar-refractivity contribution in [2.75, 3.05) is 19.6 Å². The molecule has 0 fully saturated rings. The van der Waals surface area contributed by atoms with Gasteiger partial charge in [-0.2, -0.15) is 0 Å². The number of para-hydroxylation sites is 1. The van der Waals surface area contributed by atoms with Gasteiger partial charge in [0.05, 0.1) is 12.7 Å². The highest BCUT2D eigenvalue weighted by Gasteiger charge is 2.27. The molecule has 1 rings (SSSR count). The predicted molar refractivity (Wildman–Crippen MR) is 72.8 cm³/mol. The Hall–Kier alpha value is -0.610. The minimum atomic E-state index is -2.42. The van der Waals surface area contributed by atoms with Gasteiger partial charge in [-0.1, -0.05) is 18.0 Å². The van der Waals surface area contributed by atoms with Crippen LogP contribution in [0.2, 0.25) is 0 Å². The van der Waals surface area contributed by atoms with Crippen LogP contribution in [0.1, 0.15) is 10.4 Å².